The van der Waals surface area contributed by atoms with Crippen molar-refractivity contribution in [2.24, 2.45) is 5.84 Å². The van der Waals surface area contributed by atoms with E-state index < -0.39 is 0 Å². The third kappa shape index (κ3) is 6.27. The van der Waals surface area contributed by atoms with Crippen molar-refractivity contribution < 1.29 is 0 Å². The van der Waals surface area contributed by atoms with E-state index >= 15 is 0 Å². The molecule has 3 heteroatoms. The number of hydrazine groups is 1. The fourth-order valence-electron chi connectivity index (χ4n) is 0.421. The van der Waals surface area contributed by atoms with E-state index in [0.29, 0.717) is 0 Å². The van der Waals surface area contributed by atoms with Crippen LogP contribution in [0.5, 0.6) is 0 Å². The largest absolute Gasteiger partial charge is 0.271 e. The molecule has 3 N–H and O–H groups in total. The van der Waals surface area contributed by atoms with Crippen LogP contribution in [-0.2, 0) is 0 Å². The topological polar surface area (TPSA) is 38.0 Å². The van der Waals surface area contributed by atoms with E-state index in [0.717, 1.165) is 6.54 Å². The second-order valence-corrected chi connectivity index (χ2v) is 2.90. The van der Waals surface area contributed by atoms with Crippen molar-refractivity contribution in [2.45, 2.75) is 13.3 Å². The fourth-order valence-corrected chi connectivity index (χ4v) is 1.06. The first-order valence-corrected chi connectivity index (χ1v) is 4.08. The minimum absolute atomic E-state index is 0.938. The van der Waals surface area contributed by atoms with Gasteiger partial charge in [0.1, 0.15) is 0 Å². The van der Waals surface area contributed by atoms with E-state index in [4.69, 9.17) is 5.84 Å². The first-order chi connectivity index (χ1) is 3.91. The Morgan fingerprint density at radius 1 is 1.62 bits per heavy atom. The van der Waals surface area contributed by atoms with Crippen LogP contribution in [-0.4, -0.2) is 18.1 Å². The highest BCUT2D eigenvalue weighted by Gasteiger charge is 1.82. The molecule has 0 atom stereocenters. The van der Waals surface area contributed by atoms with Gasteiger partial charge in [-0.25, -0.2) is 0 Å². The normalized spacial score (nSPS) is 9.75. The second-order valence-electron chi connectivity index (χ2n) is 1.50. The number of nitrogens with one attached hydrogen (secondary N) is 1. The second kappa shape index (κ2) is 7.27. The van der Waals surface area contributed by atoms with Gasteiger partial charge >= 0.3 is 0 Å². The molecule has 0 aliphatic carbocycles. The molecule has 0 aromatic rings. The number of hydrogen-bond donors (Lipinski definition) is 2. The molecule has 0 aliphatic heterocycles. The summed E-state index contributed by atoms with van der Waals surface area (Å²) in [5.41, 5.74) is 2.61. The van der Waals surface area contributed by atoms with Crippen LogP contribution in [0.1, 0.15) is 13.3 Å². The fraction of sp³-hybridized carbons (Fsp3) is 1.00. The molecular weight excluding hydrogens is 120 g/mol. The maximum atomic E-state index is 5.05. The van der Waals surface area contributed by atoms with Gasteiger partial charge in [0.05, 0.1) is 0 Å². The van der Waals surface area contributed by atoms with Crippen LogP contribution in [0.25, 0.3) is 0 Å². The molecule has 0 amide bonds. The molecule has 0 spiro atoms. The standard InChI is InChI=1S/C5H14N2S/c1-2-8-5-3-4-7-6/h7H,2-6H2,1H3. The molecule has 0 unspecified atom stereocenters. The Balaban J connectivity index is 2.53. The zero-order valence-corrected chi connectivity index (χ0v) is 6.13. The summed E-state index contributed by atoms with van der Waals surface area (Å²) in [6.07, 6.45) is 1.18. The monoisotopic (exact) mass is 134 g/mol. The Kier molecular flexibility index (Phi) is 7.52. The predicted molar refractivity (Wildman–Crippen MR) is 39.8 cm³/mol. The maximum Gasteiger partial charge on any atom is 0.0105 e. The van der Waals surface area contributed by atoms with E-state index in [9.17, 15) is 0 Å². The molecular formula is C5H14N2S. The highest BCUT2D eigenvalue weighted by atomic mass is 32.2. The lowest BCUT2D eigenvalue weighted by Crippen LogP contribution is -2.23. The van der Waals surface area contributed by atoms with Gasteiger partial charge in [0.15, 0.2) is 0 Å². The quantitative estimate of drug-likeness (QED) is 0.328. The molecule has 8 heavy (non-hydrogen) atoms. The molecule has 0 rings (SSSR count). The van der Waals surface area contributed by atoms with Crippen LogP contribution in [0.3, 0.4) is 0 Å². The van der Waals surface area contributed by atoms with E-state index in [1.165, 1.54) is 17.9 Å². The molecule has 0 fully saturated rings. The minimum atomic E-state index is 0.938. The zero-order chi connectivity index (χ0) is 6.24. The Morgan fingerprint density at radius 3 is 2.88 bits per heavy atom. The van der Waals surface area contributed by atoms with Gasteiger partial charge in [-0.2, -0.15) is 11.8 Å². The lowest BCUT2D eigenvalue weighted by Gasteiger charge is -1.95. The van der Waals surface area contributed by atoms with Crippen molar-refractivity contribution in [2.75, 3.05) is 18.1 Å². The van der Waals surface area contributed by atoms with Crippen molar-refractivity contribution in [3.63, 3.8) is 0 Å². The van der Waals surface area contributed by atoms with Crippen LogP contribution in [0.2, 0.25) is 0 Å². The van der Waals surface area contributed by atoms with Crippen LogP contribution in [0.4, 0.5) is 0 Å². The number of nitrogens with two attached hydrogens (primary N) is 1. The number of hydrogen-bond acceptors (Lipinski definition) is 3. The first-order valence-electron chi connectivity index (χ1n) is 2.93. The third-order valence-electron chi connectivity index (χ3n) is 0.814. The van der Waals surface area contributed by atoms with Gasteiger partial charge in [-0.15, -0.1) is 0 Å². The summed E-state index contributed by atoms with van der Waals surface area (Å²) in [6.45, 7) is 3.10. The van der Waals surface area contributed by atoms with Crippen LogP contribution >= 0.6 is 11.8 Å². The van der Waals surface area contributed by atoms with Crippen LogP contribution in [0.15, 0.2) is 0 Å². The van der Waals surface area contributed by atoms with Crippen molar-refractivity contribution >= 4 is 11.8 Å². The molecule has 0 heterocycles. The lowest BCUT2D eigenvalue weighted by atomic mass is 10.5. The van der Waals surface area contributed by atoms with Crippen molar-refractivity contribution in [1.82, 2.24) is 5.43 Å². The molecule has 0 aromatic carbocycles. The van der Waals surface area contributed by atoms with Gasteiger partial charge in [-0.05, 0) is 17.9 Å². The summed E-state index contributed by atoms with van der Waals surface area (Å²) in [5, 5.41) is 0. The molecule has 0 bridgehead atoms. The Bertz CT molecular complexity index is 35.4. The summed E-state index contributed by atoms with van der Waals surface area (Å²) < 4.78 is 0. The SMILES string of the molecule is CCSCCCNN. The summed E-state index contributed by atoms with van der Waals surface area (Å²) in [5.74, 6) is 7.49. The van der Waals surface area contributed by atoms with Gasteiger partial charge in [0.25, 0.3) is 0 Å². The van der Waals surface area contributed by atoms with Gasteiger partial charge in [-0.1, -0.05) is 6.92 Å². The summed E-state index contributed by atoms with van der Waals surface area (Å²) in [7, 11) is 0. The summed E-state index contributed by atoms with van der Waals surface area (Å²) >= 11 is 1.95. The number of rotatable bonds is 5. The first kappa shape index (κ1) is 8.27. The van der Waals surface area contributed by atoms with Gasteiger partial charge in [0.2, 0.25) is 0 Å². The number of thioether (sulfide) groups is 1. The van der Waals surface area contributed by atoms with Gasteiger partial charge in [0, 0.05) is 6.54 Å². The molecule has 0 saturated carbocycles. The molecule has 2 nitrogen and oxygen atoms in total. The predicted octanol–water partition coefficient (Wildman–Crippen LogP) is 0.593. The maximum absolute atomic E-state index is 5.05. The van der Waals surface area contributed by atoms with Crippen molar-refractivity contribution in [1.29, 1.82) is 0 Å². The van der Waals surface area contributed by atoms with E-state index in [2.05, 4.69) is 12.3 Å². The van der Waals surface area contributed by atoms with E-state index in [1.54, 1.807) is 0 Å². The highest BCUT2D eigenvalue weighted by Crippen LogP contribution is 1.98. The zero-order valence-electron chi connectivity index (χ0n) is 5.31. The average Bonchev–Trinajstić information content (AvgIpc) is 1.81. The van der Waals surface area contributed by atoms with Crippen LogP contribution < -0.4 is 11.3 Å². The van der Waals surface area contributed by atoms with E-state index in [-0.39, 0.29) is 0 Å². The Morgan fingerprint density at radius 2 is 2.38 bits per heavy atom. The summed E-state index contributed by atoms with van der Waals surface area (Å²) in [4.78, 5) is 0. The minimum Gasteiger partial charge on any atom is -0.271 e. The van der Waals surface area contributed by atoms with Gasteiger partial charge in [-0.3, -0.25) is 11.3 Å². The third-order valence-corrected chi connectivity index (χ3v) is 1.80. The lowest BCUT2D eigenvalue weighted by molar-refractivity contribution is 0.718. The summed E-state index contributed by atoms with van der Waals surface area (Å²) in [6, 6.07) is 0. The average molecular weight is 134 g/mol. The van der Waals surface area contributed by atoms with E-state index in [1.807, 2.05) is 11.8 Å². The molecule has 50 valence electrons. The Labute approximate surface area is 55.2 Å². The highest BCUT2D eigenvalue weighted by molar-refractivity contribution is 7.99. The molecule has 0 radical (unpaired) electrons. The van der Waals surface area contributed by atoms with Gasteiger partial charge < -0.3 is 0 Å². The van der Waals surface area contributed by atoms with Crippen molar-refractivity contribution in [3.8, 4) is 0 Å². The smallest absolute Gasteiger partial charge is 0.0105 e. The van der Waals surface area contributed by atoms with Crippen molar-refractivity contribution in [3.05, 3.63) is 0 Å². The molecule has 0 aliphatic rings. The molecule has 0 aromatic heterocycles. The van der Waals surface area contributed by atoms with Crippen LogP contribution in [0, 0.1) is 0 Å². The Hall–Kier alpha value is 0.270. The molecule has 0 saturated heterocycles.